The van der Waals surface area contributed by atoms with Crippen LogP contribution in [0.15, 0.2) is 30.3 Å². The van der Waals surface area contributed by atoms with Crippen LogP contribution in [0.4, 0.5) is 11.5 Å². The molecule has 6 aliphatic rings. The minimum Gasteiger partial charge on any atom is -0.508 e. The molecule has 2 bridgehead atoms. The lowest BCUT2D eigenvalue weighted by Crippen LogP contribution is -2.52. The maximum atomic E-state index is 10.7. The highest BCUT2D eigenvalue weighted by Crippen LogP contribution is 2.50. The third-order valence-corrected chi connectivity index (χ3v) is 12.0. The highest BCUT2D eigenvalue weighted by Gasteiger charge is 2.54. The van der Waals surface area contributed by atoms with E-state index < -0.39 is 0 Å². The van der Waals surface area contributed by atoms with Gasteiger partial charge in [-0.15, -0.1) is 6.42 Å². The van der Waals surface area contributed by atoms with E-state index in [2.05, 4.69) is 25.9 Å². The second-order valence-corrected chi connectivity index (χ2v) is 14.6. The molecule has 0 amide bonds. The average Bonchev–Trinajstić information content (AvgIpc) is 3.72. The molecule has 2 aromatic carbocycles. The molecule has 5 aliphatic heterocycles. The van der Waals surface area contributed by atoms with Crippen LogP contribution < -0.4 is 19.9 Å². The monoisotopic (exact) mass is 604 g/mol. The number of aromatic hydroxyl groups is 1. The van der Waals surface area contributed by atoms with E-state index in [1.807, 2.05) is 24.3 Å². The maximum Gasteiger partial charge on any atom is 0.318 e. The van der Waals surface area contributed by atoms with Gasteiger partial charge in [0.2, 0.25) is 0 Å². The molecule has 45 heavy (non-hydrogen) atoms. The van der Waals surface area contributed by atoms with Crippen molar-refractivity contribution >= 4 is 22.3 Å². The van der Waals surface area contributed by atoms with E-state index in [1.165, 1.54) is 69.9 Å². The van der Waals surface area contributed by atoms with E-state index in [9.17, 15) is 5.11 Å². The van der Waals surface area contributed by atoms with E-state index in [0.717, 1.165) is 71.5 Å². The molecule has 8 heteroatoms. The number of phenols is 1. The largest absolute Gasteiger partial charge is 0.508 e. The van der Waals surface area contributed by atoms with Crippen LogP contribution in [-0.4, -0.2) is 76.4 Å². The molecular formula is C37H44N6O2. The SMILES string of the molecule is C#Cc1cccc2cc(O)cc(N3CCc4c(nc(OC[C@]56CCCN5[C@H]5CCCC[C@H]5C6)nc4N4CC5CCC(C4)N5)C3)c12. The smallest absolute Gasteiger partial charge is 0.318 e. The Morgan fingerprint density at radius 1 is 1.02 bits per heavy atom. The van der Waals surface area contributed by atoms with E-state index in [1.54, 1.807) is 6.07 Å². The number of fused-ring (bicyclic) bond motifs is 7. The van der Waals surface area contributed by atoms with Gasteiger partial charge in [0.25, 0.3) is 0 Å². The van der Waals surface area contributed by atoms with Crippen molar-refractivity contribution in [3.05, 3.63) is 47.2 Å². The van der Waals surface area contributed by atoms with Gasteiger partial charge in [0.15, 0.2) is 0 Å². The van der Waals surface area contributed by atoms with Gasteiger partial charge in [0.1, 0.15) is 18.2 Å². The second-order valence-electron chi connectivity index (χ2n) is 14.6. The average molecular weight is 605 g/mol. The fraction of sp³-hybridized carbons (Fsp3) is 0.568. The highest BCUT2D eigenvalue weighted by molar-refractivity contribution is 6.00. The van der Waals surface area contributed by atoms with Crippen molar-refractivity contribution in [2.75, 3.05) is 42.6 Å². The van der Waals surface area contributed by atoms with Crippen molar-refractivity contribution in [2.24, 2.45) is 5.92 Å². The molecule has 5 fully saturated rings. The van der Waals surface area contributed by atoms with Gasteiger partial charge in [0.05, 0.1) is 17.8 Å². The minimum atomic E-state index is 0.130. The Morgan fingerprint density at radius 2 is 1.89 bits per heavy atom. The first kappa shape index (κ1) is 27.7. The zero-order chi connectivity index (χ0) is 30.1. The summed E-state index contributed by atoms with van der Waals surface area (Å²) in [5.41, 5.74) is 4.21. The fourth-order valence-electron chi connectivity index (χ4n) is 10.1. The predicted molar refractivity (Wildman–Crippen MR) is 177 cm³/mol. The molecule has 5 atom stereocenters. The fourth-order valence-corrected chi connectivity index (χ4v) is 10.1. The van der Waals surface area contributed by atoms with Gasteiger partial charge in [-0.05, 0) is 81.3 Å². The van der Waals surface area contributed by atoms with Crippen LogP contribution in [0.2, 0.25) is 0 Å². The maximum absolute atomic E-state index is 10.7. The molecule has 1 aliphatic carbocycles. The van der Waals surface area contributed by atoms with Crippen LogP contribution in [0.5, 0.6) is 11.8 Å². The highest BCUT2D eigenvalue weighted by atomic mass is 16.5. The number of benzene rings is 2. The van der Waals surface area contributed by atoms with Gasteiger partial charge in [-0.25, -0.2) is 0 Å². The Hall–Kier alpha value is -3.54. The molecular weight excluding hydrogens is 560 g/mol. The third-order valence-electron chi connectivity index (χ3n) is 12.0. The molecule has 6 heterocycles. The van der Waals surface area contributed by atoms with Crippen molar-refractivity contribution in [3.63, 3.8) is 0 Å². The van der Waals surface area contributed by atoms with Crippen molar-refractivity contribution in [2.45, 2.75) is 94.4 Å². The van der Waals surface area contributed by atoms with Crippen LogP contribution in [0.25, 0.3) is 10.8 Å². The zero-order valence-electron chi connectivity index (χ0n) is 26.2. The third kappa shape index (κ3) is 4.65. The number of terminal acetylenes is 1. The molecule has 4 saturated heterocycles. The quantitative estimate of drug-likeness (QED) is 0.395. The molecule has 9 rings (SSSR count). The van der Waals surface area contributed by atoms with E-state index in [0.29, 0.717) is 31.2 Å². The Morgan fingerprint density at radius 3 is 2.76 bits per heavy atom. The summed E-state index contributed by atoms with van der Waals surface area (Å²) in [6.07, 6.45) is 18.4. The first-order valence-electron chi connectivity index (χ1n) is 17.3. The number of rotatable bonds is 5. The minimum absolute atomic E-state index is 0.130. The number of phenolic OH excluding ortho intramolecular Hbond substituents is 1. The first-order valence-corrected chi connectivity index (χ1v) is 17.3. The van der Waals surface area contributed by atoms with Gasteiger partial charge < -0.3 is 25.0 Å². The molecule has 8 nitrogen and oxygen atoms in total. The van der Waals surface area contributed by atoms with Gasteiger partial charge in [-0.2, -0.15) is 9.97 Å². The summed E-state index contributed by atoms with van der Waals surface area (Å²) in [5.74, 6) is 5.01. The van der Waals surface area contributed by atoms with Crippen LogP contribution in [-0.2, 0) is 13.0 Å². The lowest BCUT2D eigenvalue weighted by atomic mass is 9.82. The number of hydrogen-bond donors (Lipinski definition) is 2. The summed E-state index contributed by atoms with van der Waals surface area (Å²) in [6.45, 7) is 5.27. The van der Waals surface area contributed by atoms with Crippen LogP contribution in [0, 0.1) is 18.3 Å². The number of hydrogen-bond acceptors (Lipinski definition) is 8. The molecule has 1 aromatic heterocycles. The number of anilines is 2. The van der Waals surface area contributed by atoms with Gasteiger partial charge in [0, 0.05) is 66.0 Å². The summed E-state index contributed by atoms with van der Waals surface area (Å²) in [7, 11) is 0. The summed E-state index contributed by atoms with van der Waals surface area (Å²) < 4.78 is 6.74. The van der Waals surface area contributed by atoms with E-state index in [4.69, 9.17) is 21.1 Å². The Bertz CT molecular complexity index is 1670. The van der Waals surface area contributed by atoms with Crippen molar-refractivity contribution in [1.29, 1.82) is 0 Å². The van der Waals surface area contributed by atoms with Crippen LogP contribution in [0.1, 0.15) is 74.6 Å². The molecule has 1 saturated carbocycles. The van der Waals surface area contributed by atoms with Crippen molar-refractivity contribution < 1.29 is 9.84 Å². The lowest BCUT2D eigenvalue weighted by Gasteiger charge is -2.38. The van der Waals surface area contributed by atoms with E-state index >= 15 is 0 Å². The number of aromatic nitrogens is 2. The Balaban J connectivity index is 1.07. The lowest BCUT2D eigenvalue weighted by molar-refractivity contribution is 0.0774. The summed E-state index contributed by atoms with van der Waals surface area (Å²) >= 11 is 0. The number of ether oxygens (including phenoxy) is 1. The summed E-state index contributed by atoms with van der Waals surface area (Å²) in [4.78, 5) is 18.0. The van der Waals surface area contributed by atoms with Gasteiger partial charge >= 0.3 is 6.01 Å². The molecule has 2 N–H and O–H groups in total. The number of nitrogens with one attached hydrogen (secondary N) is 1. The molecule has 2 unspecified atom stereocenters. The molecule has 0 spiro atoms. The van der Waals surface area contributed by atoms with Crippen LogP contribution in [0.3, 0.4) is 0 Å². The number of piperazine rings is 1. The first-order chi connectivity index (χ1) is 22.1. The number of nitrogens with zero attached hydrogens (tertiary/aromatic N) is 5. The summed E-state index contributed by atoms with van der Waals surface area (Å²) in [5, 5.41) is 16.4. The topological polar surface area (TPSA) is 77.0 Å². The van der Waals surface area contributed by atoms with E-state index in [-0.39, 0.29) is 11.3 Å². The second kappa shape index (κ2) is 10.8. The molecule has 0 radical (unpaired) electrons. The van der Waals surface area contributed by atoms with Crippen molar-refractivity contribution in [3.8, 4) is 24.1 Å². The van der Waals surface area contributed by atoms with Gasteiger partial charge in [-0.3, -0.25) is 4.90 Å². The van der Waals surface area contributed by atoms with Crippen molar-refractivity contribution in [1.82, 2.24) is 20.2 Å². The summed E-state index contributed by atoms with van der Waals surface area (Å²) in [6, 6.07) is 11.9. The predicted octanol–water partition coefficient (Wildman–Crippen LogP) is 5.00. The zero-order valence-corrected chi connectivity index (χ0v) is 26.2. The van der Waals surface area contributed by atoms with Crippen LogP contribution >= 0.6 is 0 Å². The Kier molecular flexibility index (Phi) is 6.64. The standard InChI is InChI=1S/C37H44N6O2/c1-2-24-8-5-9-25-17-29(44)18-33(34(24)25)41-16-13-30-31(22-41)39-36(40-35(30)42-20-27-11-12-28(21-42)38-27)45-23-37-14-6-15-43(37)32-10-4-3-7-26(32)19-37/h1,5,8-9,17-18,26-28,32,38,44H,3-4,6-7,10-16,19-23H2/t26-,27?,28?,32-,37+/m0/s1. The normalized spacial score (nSPS) is 30.6. The molecule has 3 aromatic rings. The Labute approximate surface area is 266 Å². The molecule has 234 valence electrons. The van der Waals surface area contributed by atoms with Gasteiger partial charge in [-0.1, -0.05) is 30.9 Å².